The summed E-state index contributed by atoms with van der Waals surface area (Å²) < 4.78 is 5.16. The van der Waals surface area contributed by atoms with E-state index in [1.165, 1.54) is 0 Å². The smallest absolute Gasteiger partial charge is 0.250 e. The summed E-state index contributed by atoms with van der Waals surface area (Å²) in [5, 5.41) is 4.18. The molecule has 0 heterocycles. The fourth-order valence-electron chi connectivity index (χ4n) is 2.61. The number of amides is 1. The molecule has 0 bridgehead atoms. The highest BCUT2D eigenvalue weighted by Crippen LogP contribution is 2.27. The van der Waals surface area contributed by atoms with Crippen molar-refractivity contribution < 1.29 is 14.4 Å². The quantitative estimate of drug-likeness (QED) is 0.442. The molecule has 1 aliphatic rings. The van der Waals surface area contributed by atoms with Crippen molar-refractivity contribution in [2.24, 2.45) is 10.9 Å². The Kier molecular flexibility index (Phi) is 6.67. The molecule has 0 saturated heterocycles. The third-order valence-corrected chi connectivity index (χ3v) is 5.08. The van der Waals surface area contributed by atoms with E-state index in [4.69, 9.17) is 15.3 Å². The Balaban J connectivity index is 2.07. The van der Waals surface area contributed by atoms with Crippen molar-refractivity contribution in [3.05, 3.63) is 65.6 Å². The van der Waals surface area contributed by atoms with Crippen molar-refractivity contribution in [3.63, 3.8) is 0 Å². The van der Waals surface area contributed by atoms with Gasteiger partial charge in [0.25, 0.3) is 0 Å². The van der Waals surface area contributed by atoms with Gasteiger partial charge in [0.2, 0.25) is 5.91 Å². The Labute approximate surface area is 167 Å². The number of hydrogen-bond donors (Lipinski definition) is 1. The van der Waals surface area contributed by atoms with Crippen LogP contribution in [0.15, 0.2) is 65.2 Å². The van der Waals surface area contributed by atoms with Crippen LogP contribution in [0.5, 0.6) is 5.75 Å². The summed E-state index contributed by atoms with van der Waals surface area (Å²) in [6.07, 6.45) is 4.88. The minimum atomic E-state index is -0.742. The minimum absolute atomic E-state index is 0.0747. The molecular weight excluding hydrogens is 354 g/mol. The highest BCUT2D eigenvalue weighted by molar-refractivity contribution is 5.98. The Morgan fingerprint density at radius 1 is 1.21 bits per heavy atom. The second kappa shape index (κ2) is 8.78. The molecule has 0 atom stereocenters. The highest BCUT2D eigenvalue weighted by atomic mass is 16.6. The molecule has 0 fully saturated rings. The molecule has 0 unspecified atom stereocenters. The van der Waals surface area contributed by atoms with Crippen LogP contribution in [0.25, 0.3) is 0 Å². The van der Waals surface area contributed by atoms with Crippen LogP contribution in [0.1, 0.15) is 39.2 Å². The van der Waals surface area contributed by atoms with Gasteiger partial charge < -0.3 is 20.2 Å². The summed E-state index contributed by atoms with van der Waals surface area (Å²) in [6, 6.07) is 7.52. The number of likely N-dealkylation sites (N-methyl/N-ethyl adjacent to an activating group) is 1. The van der Waals surface area contributed by atoms with Crippen molar-refractivity contribution in [1.82, 2.24) is 4.90 Å². The topological polar surface area (TPSA) is 77.2 Å². The predicted molar refractivity (Wildman–Crippen MR) is 112 cm³/mol. The first-order valence-electron chi connectivity index (χ1n) is 9.15. The number of benzene rings is 1. The SMILES string of the molecule is C=C(O/N=C(\C)c1ccc(OC)cc1)C(C)(C)N(C)C(=O)C1=CC=C(N)CC1. The van der Waals surface area contributed by atoms with E-state index in [-0.39, 0.29) is 5.91 Å². The molecule has 0 radical (unpaired) electrons. The lowest BCUT2D eigenvalue weighted by molar-refractivity contribution is -0.130. The molecular formula is C22H29N3O3. The maximum Gasteiger partial charge on any atom is 0.250 e. The molecule has 1 amide bonds. The number of carbonyl (C=O) groups is 1. The predicted octanol–water partition coefficient (Wildman–Crippen LogP) is 3.75. The first kappa shape index (κ1) is 21.3. The average Bonchev–Trinajstić information content (AvgIpc) is 2.71. The van der Waals surface area contributed by atoms with Crippen LogP contribution < -0.4 is 10.5 Å². The van der Waals surface area contributed by atoms with E-state index in [0.29, 0.717) is 24.3 Å². The molecule has 0 aromatic heterocycles. The van der Waals surface area contributed by atoms with Gasteiger partial charge in [-0.05, 0) is 69.5 Å². The second-order valence-electron chi connectivity index (χ2n) is 7.28. The summed E-state index contributed by atoms with van der Waals surface area (Å²) in [5.41, 5.74) is 8.15. The molecule has 1 aliphatic carbocycles. The van der Waals surface area contributed by atoms with E-state index in [0.717, 1.165) is 22.6 Å². The zero-order valence-electron chi connectivity index (χ0n) is 17.3. The van der Waals surface area contributed by atoms with E-state index < -0.39 is 5.54 Å². The van der Waals surface area contributed by atoms with E-state index in [1.807, 2.05) is 45.0 Å². The number of carbonyl (C=O) groups excluding carboxylic acids is 1. The Morgan fingerprint density at radius 3 is 2.39 bits per heavy atom. The van der Waals surface area contributed by atoms with Crippen molar-refractivity contribution in [3.8, 4) is 5.75 Å². The lowest BCUT2D eigenvalue weighted by Gasteiger charge is -2.36. The van der Waals surface area contributed by atoms with E-state index in [1.54, 1.807) is 31.2 Å². The lowest BCUT2D eigenvalue weighted by Crippen LogP contribution is -2.47. The van der Waals surface area contributed by atoms with Crippen LogP contribution in [0, 0.1) is 0 Å². The van der Waals surface area contributed by atoms with Gasteiger partial charge in [0, 0.05) is 18.3 Å². The summed E-state index contributed by atoms with van der Waals surface area (Å²) in [7, 11) is 3.36. The molecule has 2 rings (SSSR count). The molecule has 1 aromatic carbocycles. The number of nitrogens with two attached hydrogens (primary N) is 1. The Morgan fingerprint density at radius 2 is 1.86 bits per heavy atom. The van der Waals surface area contributed by atoms with E-state index in [9.17, 15) is 4.79 Å². The van der Waals surface area contributed by atoms with Crippen molar-refractivity contribution in [1.29, 1.82) is 0 Å². The summed E-state index contributed by atoms with van der Waals surface area (Å²) in [5.74, 6) is 1.08. The average molecular weight is 383 g/mol. The molecule has 2 N–H and O–H groups in total. The summed E-state index contributed by atoms with van der Waals surface area (Å²) in [6.45, 7) is 9.58. The fraction of sp³-hybridized carbons (Fsp3) is 0.364. The first-order chi connectivity index (χ1) is 13.2. The molecule has 0 spiro atoms. The molecule has 1 aromatic rings. The van der Waals surface area contributed by atoms with Crippen LogP contribution in [0.3, 0.4) is 0 Å². The third-order valence-electron chi connectivity index (χ3n) is 5.08. The molecule has 150 valence electrons. The molecule has 6 nitrogen and oxygen atoms in total. The van der Waals surface area contributed by atoms with Gasteiger partial charge in [-0.1, -0.05) is 17.8 Å². The van der Waals surface area contributed by atoms with E-state index in [2.05, 4.69) is 11.7 Å². The number of ether oxygens (including phenoxy) is 1. The maximum atomic E-state index is 12.8. The number of oxime groups is 1. The standard InChI is InChI=1S/C22H29N3O3/c1-15(17-9-13-20(27-6)14-10-17)24-28-16(2)22(3,4)25(5)21(26)18-7-11-19(23)12-8-18/h7,9-11,13-14H,2,8,12,23H2,1,3-6H3/b24-15+. The Bertz CT molecular complexity index is 833. The van der Waals surface area contributed by atoms with Gasteiger partial charge >= 0.3 is 0 Å². The number of methoxy groups -OCH3 is 1. The lowest BCUT2D eigenvalue weighted by atomic mass is 9.97. The maximum absolute atomic E-state index is 12.8. The molecule has 6 heteroatoms. The van der Waals surface area contributed by atoms with Crippen molar-refractivity contribution >= 4 is 11.6 Å². The zero-order chi connectivity index (χ0) is 20.9. The van der Waals surface area contributed by atoms with Gasteiger partial charge in [-0.15, -0.1) is 0 Å². The highest BCUT2D eigenvalue weighted by Gasteiger charge is 2.34. The largest absolute Gasteiger partial charge is 0.497 e. The van der Waals surface area contributed by atoms with E-state index >= 15 is 0 Å². The van der Waals surface area contributed by atoms with Gasteiger partial charge in [-0.25, -0.2) is 0 Å². The Hall–Kier alpha value is -3.02. The number of nitrogens with zero attached hydrogens (tertiary/aromatic N) is 2. The van der Waals surface area contributed by atoms with Gasteiger partial charge in [0.1, 0.15) is 5.75 Å². The third kappa shape index (κ3) is 4.82. The zero-order valence-corrected chi connectivity index (χ0v) is 17.3. The van der Waals surface area contributed by atoms with Gasteiger partial charge in [-0.2, -0.15) is 0 Å². The van der Waals surface area contributed by atoms with Crippen LogP contribution in [0.4, 0.5) is 0 Å². The van der Waals surface area contributed by atoms with Crippen molar-refractivity contribution in [2.75, 3.05) is 14.2 Å². The van der Waals surface area contributed by atoms with Gasteiger partial charge in [0.05, 0.1) is 18.4 Å². The van der Waals surface area contributed by atoms with Crippen LogP contribution in [-0.4, -0.2) is 36.2 Å². The molecule has 28 heavy (non-hydrogen) atoms. The van der Waals surface area contributed by atoms with Crippen LogP contribution >= 0.6 is 0 Å². The van der Waals surface area contributed by atoms with Crippen molar-refractivity contribution in [2.45, 2.75) is 39.2 Å². The van der Waals surface area contributed by atoms with Gasteiger partial charge in [-0.3, -0.25) is 4.79 Å². The van der Waals surface area contributed by atoms with Crippen LogP contribution in [0.2, 0.25) is 0 Å². The number of rotatable bonds is 7. The summed E-state index contributed by atoms with van der Waals surface area (Å²) >= 11 is 0. The fourth-order valence-corrected chi connectivity index (χ4v) is 2.61. The van der Waals surface area contributed by atoms with Gasteiger partial charge in [0.15, 0.2) is 5.76 Å². The summed E-state index contributed by atoms with van der Waals surface area (Å²) in [4.78, 5) is 20.0. The first-order valence-corrected chi connectivity index (χ1v) is 9.15. The number of hydrogen-bond acceptors (Lipinski definition) is 5. The molecule has 0 saturated carbocycles. The second-order valence-corrected chi connectivity index (χ2v) is 7.28. The minimum Gasteiger partial charge on any atom is -0.497 e. The molecule has 0 aliphatic heterocycles. The number of allylic oxidation sites excluding steroid dienone is 3. The monoisotopic (exact) mass is 383 g/mol. The van der Waals surface area contributed by atoms with Crippen LogP contribution in [-0.2, 0) is 9.63 Å². The normalized spacial score (nSPS) is 14.7.